The zero-order chi connectivity index (χ0) is 20.6. The van der Waals surface area contributed by atoms with Crippen LogP contribution in [0, 0.1) is 23.0 Å². The van der Waals surface area contributed by atoms with E-state index in [0.29, 0.717) is 13.1 Å². The van der Waals surface area contributed by atoms with Gasteiger partial charge in [0.15, 0.2) is 11.6 Å². The van der Waals surface area contributed by atoms with Crippen LogP contribution in [0.3, 0.4) is 0 Å². The van der Waals surface area contributed by atoms with Crippen LogP contribution in [-0.4, -0.2) is 36.1 Å². The van der Waals surface area contributed by atoms with Crippen molar-refractivity contribution in [1.82, 2.24) is 4.90 Å². The molecule has 1 atom stereocenters. The van der Waals surface area contributed by atoms with E-state index in [1.807, 2.05) is 35.4 Å². The lowest BCUT2D eigenvalue weighted by atomic mass is 9.90. The predicted octanol–water partition coefficient (Wildman–Crippen LogP) is 4.57. The third-order valence-electron chi connectivity index (χ3n) is 6.08. The number of piperidine rings is 1. The molecular weight excluding hydrogens is 394 g/mol. The number of benzene rings is 2. The number of carbonyl (C=O) groups excluding carboxylic acids is 2. The number of hydrogen-bond acceptors (Lipinski definition) is 3. The van der Waals surface area contributed by atoms with E-state index in [4.69, 9.17) is 0 Å². The molecule has 1 heterocycles. The van der Waals surface area contributed by atoms with Crippen LogP contribution in [0.1, 0.15) is 29.6 Å². The molecule has 0 radical (unpaired) electrons. The highest BCUT2D eigenvalue weighted by Gasteiger charge is 2.58. The number of likely N-dealkylation sites (tertiary alicyclic amines) is 1. The minimum Gasteiger partial charge on any atom is -0.339 e. The smallest absolute Gasteiger partial charge is 0.254 e. The van der Waals surface area contributed by atoms with Gasteiger partial charge in [0.05, 0.1) is 5.56 Å². The van der Waals surface area contributed by atoms with Crippen LogP contribution in [0.15, 0.2) is 47.4 Å². The Balaban J connectivity index is 1.35. The molecule has 29 heavy (non-hydrogen) atoms. The first-order chi connectivity index (χ1) is 13.9. The molecule has 1 saturated heterocycles. The summed E-state index contributed by atoms with van der Waals surface area (Å²) in [7, 11) is 0. The molecular formula is C22H22F2N2O2S. The van der Waals surface area contributed by atoms with Crippen LogP contribution in [0.2, 0.25) is 0 Å². The Morgan fingerprint density at radius 1 is 1.10 bits per heavy atom. The van der Waals surface area contributed by atoms with Gasteiger partial charge in [-0.05, 0) is 55.2 Å². The summed E-state index contributed by atoms with van der Waals surface area (Å²) in [6.07, 6.45) is 4.27. The minimum absolute atomic E-state index is 0.0354. The van der Waals surface area contributed by atoms with Gasteiger partial charge in [0.25, 0.3) is 5.91 Å². The van der Waals surface area contributed by atoms with E-state index < -0.39 is 11.6 Å². The van der Waals surface area contributed by atoms with Crippen LogP contribution in [0.5, 0.6) is 0 Å². The lowest BCUT2D eigenvalue weighted by Crippen LogP contribution is -2.40. The van der Waals surface area contributed by atoms with E-state index in [1.54, 1.807) is 11.8 Å². The quantitative estimate of drug-likeness (QED) is 0.743. The maximum absolute atomic E-state index is 13.3. The van der Waals surface area contributed by atoms with Gasteiger partial charge < -0.3 is 10.2 Å². The van der Waals surface area contributed by atoms with Crippen molar-refractivity contribution in [3.8, 4) is 0 Å². The Kier molecular flexibility index (Phi) is 5.34. The van der Waals surface area contributed by atoms with Gasteiger partial charge in [0.2, 0.25) is 5.91 Å². The lowest BCUT2D eigenvalue weighted by Gasteiger charge is -2.33. The summed E-state index contributed by atoms with van der Waals surface area (Å²) < 4.78 is 26.4. The van der Waals surface area contributed by atoms with Crippen molar-refractivity contribution in [2.75, 3.05) is 24.7 Å². The Morgan fingerprint density at radius 2 is 1.83 bits per heavy atom. The van der Waals surface area contributed by atoms with E-state index in [0.717, 1.165) is 41.9 Å². The molecule has 1 aliphatic heterocycles. The second kappa shape index (κ2) is 7.78. The third-order valence-corrected chi connectivity index (χ3v) is 6.87. The molecule has 0 aromatic heterocycles. The number of rotatable bonds is 4. The molecule has 2 aliphatic rings. The number of nitrogens with one attached hydrogen (secondary N) is 1. The normalized spacial score (nSPS) is 19.8. The standard InChI is InChI=1S/C22H22F2N2O2S/c1-29-19-5-3-2-4-15(19)21(28)26-10-8-22(9-11-26)13-16(22)20(27)25-14-6-7-17(23)18(24)12-14/h2-7,12,16H,8-11,13H2,1H3,(H,25,27). The number of anilines is 1. The van der Waals surface area contributed by atoms with Crippen molar-refractivity contribution >= 4 is 29.3 Å². The molecule has 152 valence electrons. The summed E-state index contributed by atoms with van der Waals surface area (Å²) in [4.78, 5) is 28.3. The highest BCUT2D eigenvalue weighted by Crippen LogP contribution is 2.59. The molecule has 4 rings (SSSR count). The number of halogens is 2. The predicted molar refractivity (Wildman–Crippen MR) is 109 cm³/mol. The molecule has 2 amide bonds. The highest BCUT2D eigenvalue weighted by molar-refractivity contribution is 7.98. The van der Waals surface area contributed by atoms with Crippen LogP contribution in [0.4, 0.5) is 14.5 Å². The Bertz CT molecular complexity index is 958. The second-order valence-corrected chi connectivity index (χ2v) is 8.58. The maximum Gasteiger partial charge on any atom is 0.254 e. The van der Waals surface area contributed by atoms with Gasteiger partial charge in [-0.3, -0.25) is 9.59 Å². The summed E-state index contributed by atoms with van der Waals surface area (Å²) in [5, 5.41) is 2.69. The zero-order valence-electron chi connectivity index (χ0n) is 16.1. The summed E-state index contributed by atoms with van der Waals surface area (Å²) in [6.45, 7) is 1.24. The molecule has 1 saturated carbocycles. The first-order valence-electron chi connectivity index (χ1n) is 9.62. The molecule has 1 unspecified atom stereocenters. The lowest BCUT2D eigenvalue weighted by molar-refractivity contribution is -0.118. The monoisotopic (exact) mass is 416 g/mol. The SMILES string of the molecule is CSc1ccccc1C(=O)N1CCC2(CC1)CC2C(=O)Nc1ccc(F)c(F)c1. The number of carbonyl (C=O) groups is 2. The van der Waals surface area contributed by atoms with Crippen molar-refractivity contribution in [3.05, 3.63) is 59.7 Å². The minimum atomic E-state index is -0.981. The fraction of sp³-hybridized carbons (Fsp3) is 0.364. The van der Waals surface area contributed by atoms with Crippen LogP contribution >= 0.6 is 11.8 Å². The summed E-state index contributed by atoms with van der Waals surface area (Å²) in [6, 6.07) is 11.0. The van der Waals surface area contributed by atoms with Gasteiger partial charge in [0, 0.05) is 35.7 Å². The summed E-state index contributed by atoms with van der Waals surface area (Å²) >= 11 is 1.56. The zero-order valence-corrected chi connectivity index (χ0v) is 16.9. The fourth-order valence-electron chi connectivity index (χ4n) is 4.22. The fourth-order valence-corrected chi connectivity index (χ4v) is 4.81. The largest absolute Gasteiger partial charge is 0.339 e. The maximum atomic E-state index is 13.3. The van der Waals surface area contributed by atoms with Gasteiger partial charge in [0.1, 0.15) is 0 Å². The molecule has 1 aliphatic carbocycles. The molecule has 2 aromatic rings. The van der Waals surface area contributed by atoms with Crippen molar-refractivity contribution in [3.63, 3.8) is 0 Å². The van der Waals surface area contributed by atoms with Crippen molar-refractivity contribution in [2.45, 2.75) is 24.2 Å². The van der Waals surface area contributed by atoms with Gasteiger partial charge in [-0.2, -0.15) is 0 Å². The highest BCUT2D eigenvalue weighted by atomic mass is 32.2. The Labute approximate surface area is 172 Å². The molecule has 2 fully saturated rings. The van der Waals surface area contributed by atoms with Crippen LogP contribution in [-0.2, 0) is 4.79 Å². The first-order valence-corrected chi connectivity index (χ1v) is 10.8. The van der Waals surface area contributed by atoms with Gasteiger partial charge in [-0.1, -0.05) is 12.1 Å². The van der Waals surface area contributed by atoms with E-state index in [-0.39, 0.29) is 28.8 Å². The second-order valence-electron chi connectivity index (χ2n) is 7.73. The number of amides is 2. The van der Waals surface area contributed by atoms with Gasteiger partial charge in [-0.25, -0.2) is 8.78 Å². The number of nitrogens with zero attached hydrogens (tertiary/aromatic N) is 1. The van der Waals surface area contributed by atoms with Crippen LogP contribution < -0.4 is 5.32 Å². The van der Waals surface area contributed by atoms with Gasteiger partial charge >= 0.3 is 0 Å². The average Bonchev–Trinajstić information content (AvgIpc) is 3.44. The third kappa shape index (κ3) is 3.88. The number of hydrogen-bond donors (Lipinski definition) is 1. The Hall–Kier alpha value is -2.41. The topological polar surface area (TPSA) is 49.4 Å². The van der Waals surface area contributed by atoms with E-state index >= 15 is 0 Å². The number of thioether (sulfide) groups is 1. The van der Waals surface area contributed by atoms with E-state index in [2.05, 4.69) is 5.32 Å². The summed E-state index contributed by atoms with van der Waals surface area (Å²) in [5.74, 6) is -2.19. The van der Waals surface area contributed by atoms with Crippen LogP contribution in [0.25, 0.3) is 0 Å². The molecule has 1 N–H and O–H groups in total. The molecule has 7 heteroatoms. The Morgan fingerprint density at radius 3 is 2.52 bits per heavy atom. The van der Waals surface area contributed by atoms with E-state index in [9.17, 15) is 18.4 Å². The first kappa shape index (κ1) is 19.9. The molecule has 1 spiro atoms. The average molecular weight is 416 g/mol. The van der Waals surface area contributed by atoms with Gasteiger partial charge in [-0.15, -0.1) is 11.8 Å². The summed E-state index contributed by atoms with van der Waals surface area (Å²) in [5.41, 5.74) is 0.898. The molecule has 2 aromatic carbocycles. The molecule has 0 bridgehead atoms. The van der Waals surface area contributed by atoms with Crippen molar-refractivity contribution in [2.24, 2.45) is 11.3 Å². The van der Waals surface area contributed by atoms with Crippen molar-refractivity contribution in [1.29, 1.82) is 0 Å². The molecule has 4 nitrogen and oxygen atoms in total. The van der Waals surface area contributed by atoms with E-state index in [1.165, 1.54) is 6.07 Å². The van der Waals surface area contributed by atoms with Crippen molar-refractivity contribution < 1.29 is 18.4 Å².